The van der Waals surface area contributed by atoms with Crippen LogP contribution in [0.5, 0.6) is 0 Å². The third kappa shape index (κ3) is 4.91. The van der Waals surface area contributed by atoms with E-state index < -0.39 is 6.10 Å². The molecule has 0 spiro atoms. The third-order valence-corrected chi connectivity index (χ3v) is 3.19. The predicted molar refractivity (Wildman–Crippen MR) is 78.1 cm³/mol. The van der Waals surface area contributed by atoms with Crippen molar-refractivity contribution in [3.05, 3.63) is 29.8 Å². The molecule has 0 fully saturated rings. The van der Waals surface area contributed by atoms with Gasteiger partial charge in [0, 0.05) is 11.7 Å². The molecular weight excluding hydrogens is 240 g/mol. The first-order valence-electron chi connectivity index (χ1n) is 6.79. The summed E-state index contributed by atoms with van der Waals surface area (Å²) in [6.45, 7) is 7.93. The van der Waals surface area contributed by atoms with Crippen molar-refractivity contribution in [3.63, 3.8) is 0 Å². The van der Waals surface area contributed by atoms with Crippen LogP contribution < -0.4 is 10.6 Å². The van der Waals surface area contributed by atoms with E-state index in [1.54, 1.807) is 13.0 Å². The lowest BCUT2D eigenvalue weighted by Crippen LogP contribution is -2.40. The second-order valence-corrected chi connectivity index (χ2v) is 5.16. The van der Waals surface area contributed by atoms with Gasteiger partial charge in [-0.25, -0.2) is 4.79 Å². The van der Waals surface area contributed by atoms with E-state index in [1.807, 2.05) is 18.2 Å². The number of carbonyl (C=O) groups excluding carboxylic acids is 1. The zero-order valence-electron chi connectivity index (χ0n) is 12.1. The molecule has 106 valence electrons. The van der Waals surface area contributed by atoms with Crippen molar-refractivity contribution in [3.8, 4) is 0 Å². The Bertz CT molecular complexity index is 416. The summed E-state index contributed by atoms with van der Waals surface area (Å²) < 4.78 is 0. The van der Waals surface area contributed by atoms with Crippen LogP contribution in [0.4, 0.5) is 10.5 Å². The predicted octanol–water partition coefficient (Wildman–Crippen LogP) is 3.30. The molecule has 19 heavy (non-hydrogen) atoms. The zero-order valence-corrected chi connectivity index (χ0v) is 12.1. The lowest BCUT2D eigenvalue weighted by Gasteiger charge is -2.21. The van der Waals surface area contributed by atoms with E-state index in [2.05, 4.69) is 31.4 Å². The van der Waals surface area contributed by atoms with Gasteiger partial charge in [-0.3, -0.25) is 0 Å². The first-order chi connectivity index (χ1) is 8.93. The molecule has 0 saturated heterocycles. The lowest BCUT2D eigenvalue weighted by atomic mass is 10.0. The van der Waals surface area contributed by atoms with Gasteiger partial charge in [-0.2, -0.15) is 0 Å². The minimum absolute atomic E-state index is 0.167. The second kappa shape index (κ2) is 7.14. The summed E-state index contributed by atoms with van der Waals surface area (Å²) >= 11 is 0. The summed E-state index contributed by atoms with van der Waals surface area (Å²) in [5, 5.41) is 15.3. The molecule has 2 atom stereocenters. The number of anilines is 1. The van der Waals surface area contributed by atoms with Gasteiger partial charge >= 0.3 is 6.03 Å². The van der Waals surface area contributed by atoms with Crippen LogP contribution in [-0.4, -0.2) is 17.2 Å². The Morgan fingerprint density at radius 1 is 1.32 bits per heavy atom. The summed E-state index contributed by atoms with van der Waals surface area (Å²) in [4.78, 5) is 11.9. The van der Waals surface area contributed by atoms with Gasteiger partial charge in [0.15, 0.2) is 0 Å². The Labute approximate surface area is 115 Å². The molecule has 0 heterocycles. The van der Waals surface area contributed by atoms with E-state index in [1.165, 1.54) is 0 Å². The molecule has 1 aromatic carbocycles. The highest BCUT2D eigenvalue weighted by atomic mass is 16.3. The number of carbonyl (C=O) groups is 1. The van der Waals surface area contributed by atoms with E-state index in [9.17, 15) is 9.90 Å². The molecule has 0 aromatic heterocycles. The van der Waals surface area contributed by atoms with Gasteiger partial charge in [0.25, 0.3) is 0 Å². The smallest absolute Gasteiger partial charge is 0.319 e. The van der Waals surface area contributed by atoms with E-state index in [-0.39, 0.29) is 12.1 Å². The van der Waals surface area contributed by atoms with Crippen molar-refractivity contribution < 1.29 is 9.90 Å². The van der Waals surface area contributed by atoms with Crippen molar-refractivity contribution >= 4 is 11.7 Å². The number of aliphatic hydroxyl groups excluding tert-OH is 1. The van der Waals surface area contributed by atoms with E-state index in [0.29, 0.717) is 11.6 Å². The van der Waals surface area contributed by atoms with Crippen molar-refractivity contribution in [2.24, 2.45) is 5.92 Å². The van der Waals surface area contributed by atoms with Gasteiger partial charge in [-0.1, -0.05) is 32.9 Å². The number of rotatable bonds is 5. The minimum atomic E-state index is -0.538. The fourth-order valence-electron chi connectivity index (χ4n) is 1.95. The Kier molecular flexibility index (Phi) is 5.83. The average Bonchev–Trinajstić information content (AvgIpc) is 2.35. The van der Waals surface area contributed by atoms with Gasteiger partial charge < -0.3 is 15.7 Å². The number of hydrogen-bond acceptors (Lipinski definition) is 2. The number of urea groups is 1. The van der Waals surface area contributed by atoms with Crippen LogP contribution in [0.2, 0.25) is 0 Å². The molecule has 4 heteroatoms. The lowest BCUT2D eigenvalue weighted by molar-refractivity contribution is 0.199. The number of amides is 2. The largest absolute Gasteiger partial charge is 0.389 e. The normalized spacial score (nSPS) is 14.0. The van der Waals surface area contributed by atoms with Gasteiger partial charge in [0.05, 0.1) is 6.10 Å². The number of benzene rings is 1. The molecule has 0 bridgehead atoms. The molecule has 4 nitrogen and oxygen atoms in total. The topological polar surface area (TPSA) is 61.4 Å². The first kappa shape index (κ1) is 15.5. The van der Waals surface area contributed by atoms with E-state index in [4.69, 9.17) is 0 Å². The Balaban J connectivity index is 2.64. The van der Waals surface area contributed by atoms with Crippen LogP contribution in [0.1, 0.15) is 45.8 Å². The highest BCUT2D eigenvalue weighted by Crippen LogP contribution is 2.17. The van der Waals surface area contributed by atoms with Crippen LogP contribution >= 0.6 is 0 Å². The molecule has 2 unspecified atom stereocenters. The van der Waals surface area contributed by atoms with Gasteiger partial charge in [0.1, 0.15) is 0 Å². The minimum Gasteiger partial charge on any atom is -0.389 e. The Morgan fingerprint density at radius 2 is 2.00 bits per heavy atom. The molecule has 3 N–H and O–H groups in total. The van der Waals surface area contributed by atoms with Crippen LogP contribution in [0.15, 0.2) is 24.3 Å². The molecule has 1 rings (SSSR count). The average molecular weight is 264 g/mol. The molecular formula is C15H24N2O2. The number of hydrogen-bond donors (Lipinski definition) is 3. The molecule has 0 aliphatic carbocycles. The maximum absolute atomic E-state index is 11.9. The monoisotopic (exact) mass is 264 g/mol. The van der Waals surface area contributed by atoms with E-state index >= 15 is 0 Å². The quantitative estimate of drug-likeness (QED) is 0.764. The molecule has 0 aliphatic rings. The number of nitrogens with one attached hydrogen (secondary N) is 2. The van der Waals surface area contributed by atoms with Crippen molar-refractivity contribution in [2.75, 3.05) is 5.32 Å². The summed E-state index contributed by atoms with van der Waals surface area (Å²) in [5.74, 6) is 0.402. The summed E-state index contributed by atoms with van der Waals surface area (Å²) in [6, 6.07) is 7.19. The Hall–Kier alpha value is -1.55. The van der Waals surface area contributed by atoms with Gasteiger partial charge in [-0.05, 0) is 37.0 Å². The third-order valence-electron chi connectivity index (χ3n) is 3.19. The number of aliphatic hydroxyl groups is 1. The van der Waals surface area contributed by atoms with Gasteiger partial charge in [-0.15, -0.1) is 0 Å². The van der Waals surface area contributed by atoms with Crippen molar-refractivity contribution in [2.45, 2.75) is 46.3 Å². The summed E-state index contributed by atoms with van der Waals surface area (Å²) in [7, 11) is 0. The van der Waals surface area contributed by atoms with E-state index in [0.717, 1.165) is 12.0 Å². The maximum Gasteiger partial charge on any atom is 0.319 e. The van der Waals surface area contributed by atoms with Crippen molar-refractivity contribution in [1.29, 1.82) is 0 Å². The van der Waals surface area contributed by atoms with Crippen LogP contribution in [0.3, 0.4) is 0 Å². The first-order valence-corrected chi connectivity index (χ1v) is 6.79. The molecule has 0 aliphatic heterocycles. The molecule has 0 radical (unpaired) electrons. The second-order valence-electron chi connectivity index (χ2n) is 5.16. The Morgan fingerprint density at radius 3 is 2.53 bits per heavy atom. The van der Waals surface area contributed by atoms with Crippen LogP contribution in [0, 0.1) is 5.92 Å². The molecule has 1 aromatic rings. The summed E-state index contributed by atoms with van der Waals surface area (Å²) in [6.07, 6.45) is 0.364. The maximum atomic E-state index is 11.9. The fraction of sp³-hybridized carbons (Fsp3) is 0.533. The zero-order chi connectivity index (χ0) is 14.4. The molecule has 0 saturated carbocycles. The summed E-state index contributed by atoms with van der Waals surface area (Å²) in [5.41, 5.74) is 1.48. The SMILES string of the molecule is CCC(NC(=O)Nc1cccc(C(C)O)c1)C(C)C. The highest BCUT2D eigenvalue weighted by Gasteiger charge is 2.14. The van der Waals surface area contributed by atoms with Gasteiger partial charge in [0.2, 0.25) is 0 Å². The van der Waals surface area contributed by atoms with Crippen LogP contribution in [0.25, 0.3) is 0 Å². The molecule has 2 amide bonds. The highest BCUT2D eigenvalue weighted by molar-refractivity contribution is 5.89. The standard InChI is InChI=1S/C15H24N2O2/c1-5-14(10(2)3)17-15(19)16-13-8-6-7-12(9-13)11(4)18/h6-11,14,18H,5H2,1-4H3,(H2,16,17,19). The fourth-order valence-corrected chi connectivity index (χ4v) is 1.95. The van der Waals surface area contributed by atoms with Crippen LogP contribution in [-0.2, 0) is 0 Å². The van der Waals surface area contributed by atoms with Crippen molar-refractivity contribution in [1.82, 2.24) is 5.32 Å².